The zero-order valence-electron chi connectivity index (χ0n) is 22.6. The summed E-state index contributed by atoms with van der Waals surface area (Å²) in [7, 11) is 2.99. The van der Waals surface area contributed by atoms with Gasteiger partial charge in [-0.2, -0.15) is 0 Å². The van der Waals surface area contributed by atoms with Crippen molar-refractivity contribution in [1.29, 1.82) is 0 Å². The molecule has 10 heteroatoms. The topological polar surface area (TPSA) is 105 Å². The summed E-state index contributed by atoms with van der Waals surface area (Å²) in [6.07, 6.45) is 1.39. The number of benzene rings is 2. The Bertz CT molecular complexity index is 1250. The second-order valence-electron chi connectivity index (χ2n) is 11.0. The van der Waals surface area contributed by atoms with Gasteiger partial charge in [0.05, 0.1) is 13.7 Å². The second-order valence-corrected chi connectivity index (χ2v) is 11.0. The summed E-state index contributed by atoms with van der Waals surface area (Å²) in [5.74, 6) is -3.19. The molecule has 1 atom stereocenters. The Kier molecular flexibility index (Phi) is 8.25. The molecule has 2 N–H and O–H groups in total. The number of amides is 2. The normalized spacial score (nSPS) is 20.6. The number of ether oxygens (including phenoxy) is 2. The van der Waals surface area contributed by atoms with Gasteiger partial charge < -0.3 is 24.8 Å². The lowest BCUT2D eigenvalue weighted by molar-refractivity contribution is -0.149. The zero-order valence-corrected chi connectivity index (χ0v) is 22.6. The van der Waals surface area contributed by atoms with Crippen molar-refractivity contribution in [2.24, 2.45) is 11.8 Å². The van der Waals surface area contributed by atoms with Crippen molar-refractivity contribution in [3.05, 3.63) is 58.7 Å². The number of carboxylic acid groups (broad SMARTS) is 1. The highest BCUT2D eigenvalue weighted by molar-refractivity contribution is 5.99. The molecule has 8 nitrogen and oxygen atoms in total. The average molecular weight is 545 g/mol. The number of nitrogens with one attached hydrogen (secondary N) is 1. The van der Waals surface area contributed by atoms with Gasteiger partial charge in [-0.1, -0.05) is 19.9 Å². The predicted octanol–water partition coefficient (Wildman–Crippen LogP) is 4.46. The third-order valence-electron chi connectivity index (χ3n) is 7.65. The molecule has 0 saturated heterocycles. The van der Waals surface area contributed by atoms with E-state index in [-0.39, 0.29) is 48.6 Å². The van der Waals surface area contributed by atoms with E-state index in [4.69, 9.17) is 14.6 Å². The van der Waals surface area contributed by atoms with E-state index >= 15 is 8.78 Å². The van der Waals surface area contributed by atoms with Crippen molar-refractivity contribution in [2.45, 2.75) is 51.0 Å². The molecule has 1 heterocycles. The van der Waals surface area contributed by atoms with Crippen LogP contribution < -0.4 is 10.1 Å². The summed E-state index contributed by atoms with van der Waals surface area (Å²) in [4.78, 5) is 39.7. The van der Waals surface area contributed by atoms with Crippen LogP contribution in [0.3, 0.4) is 0 Å². The Morgan fingerprint density at radius 2 is 1.77 bits per heavy atom. The number of hydrogen-bond acceptors (Lipinski definition) is 5. The maximum Gasteiger partial charge on any atom is 0.303 e. The Morgan fingerprint density at radius 1 is 1.10 bits per heavy atom. The Balaban J connectivity index is 1.62. The average Bonchev–Trinajstić information content (AvgIpc) is 2.83. The van der Waals surface area contributed by atoms with Crippen molar-refractivity contribution in [2.75, 3.05) is 32.7 Å². The lowest BCUT2D eigenvalue weighted by atomic mass is 9.72. The smallest absolute Gasteiger partial charge is 0.303 e. The molecule has 0 spiro atoms. The molecular weight excluding hydrogens is 510 g/mol. The molecule has 1 saturated carbocycles. The number of anilines is 1. The summed E-state index contributed by atoms with van der Waals surface area (Å²) in [5, 5.41) is 11.7. The molecule has 2 aromatic rings. The SMILES string of the molecule is COCC(C)(C)c1c(F)cc(NC(=O)[C@H]2c3ccc(OC)cc3CCN2C(=O)C2CC(CC(=O)O)C2)cc1F. The van der Waals surface area contributed by atoms with Crippen molar-refractivity contribution < 1.29 is 37.7 Å². The Labute approximate surface area is 226 Å². The lowest BCUT2D eigenvalue weighted by Gasteiger charge is -2.42. The Hall–Kier alpha value is -3.53. The van der Waals surface area contributed by atoms with Crippen molar-refractivity contribution in [3.8, 4) is 5.75 Å². The molecule has 0 bridgehead atoms. The molecule has 2 amide bonds. The quantitative estimate of drug-likeness (QED) is 0.483. The number of nitrogens with zero attached hydrogens (tertiary/aromatic N) is 1. The van der Waals surface area contributed by atoms with Crippen LogP contribution in [0.25, 0.3) is 0 Å². The summed E-state index contributed by atoms with van der Waals surface area (Å²) in [6.45, 7) is 3.69. The van der Waals surface area contributed by atoms with Crippen LogP contribution in [0.1, 0.15) is 55.8 Å². The number of carbonyl (C=O) groups is 3. The van der Waals surface area contributed by atoms with Crippen LogP contribution in [0, 0.1) is 23.5 Å². The van der Waals surface area contributed by atoms with Gasteiger partial charge in [0.1, 0.15) is 23.4 Å². The first-order valence-corrected chi connectivity index (χ1v) is 12.9. The third kappa shape index (κ3) is 5.90. The first-order valence-electron chi connectivity index (χ1n) is 12.9. The molecule has 1 fully saturated rings. The molecule has 210 valence electrons. The minimum absolute atomic E-state index is 0.00460. The molecule has 1 aliphatic heterocycles. The minimum atomic E-state index is -1.03. The molecule has 2 aromatic carbocycles. The van der Waals surface area contributed by atoms with Crippen LogP contribution in [0.4, 0.5) is 14.5 Å². The highest BCUT2D eigenvalue weighted by Crippen LogP contribution is 2.41. The molecule has 0 unspecified atom stereocenters. The number of methoxy groups -OCH3 is 2. The van der Waals surface area contributed by atoms with Crippen LogP contribution in [-0.4, -0.2) is 55.2 Å². The lowest BCUT2D eigenvalue weighted by Crippen LogP contribution is -2.50. The molecule has 1 aliphatic carbocycles. The van der Waals surface area contributed by atoms with E-state index in [0.717, 1.165) is 17.7 Å². The monoisotopic (exact) mass is 544 g/mol. The molecule has 4 rings (SSSR count). The standard InChI is InChI=1S/C29H34F2N2O6/c1-29(2,15-38-3)25-22(30)13-19(14-23(25)31)32-27(36)26-21-6-5-20(39-4)12-17(21)7-8-33(26)28(37)18-9-16(10-18)11-24(34)35/h5-6,12-14,16,18,26H,7-11,15H2,1-4H3,(H,32,36)(H,34,35)/t16?,18?,26-/m1/s1. The maximum absolute atomic E-state index is 15.1. The van der Waals surface area contributed by atoms with Gasteiger partial charge in [-0.3, -0.25) is 14.4 Å². The maximum atomic E-state index is 15.1. The van der Waals surface area contributed by atoms with Gasteiger partial charge in [-0.25, -0.2) is 8.78 Å². The van der Waals surface area contributed by atoms with Gasteiger partial charge >= 0.3 is 5.97 Å². The number of hydrogen-bond donors (Lipinski definition) is 2. The van der Waals surface area contributed by atoms with Gasteiger partial charge in [0, 0.05) is 42.7 Å². The van der Waals surface area contributed by atoms with Crippen molar-refractivity contribution in [1.82, 2.24) is 4.90 Å². The van der Waals surface area contributed by atoms with E-state index in [1.165, 1.54) is 19.1 Å². The van der Waals surface area contributed by atoms with Gasteiger partial charge in [-0.15, -0.1) is 0 Å². The van der Waals surface area contributed by atoms with E-state index in [1.54, 1.807) is 26.0 Å². The second kappa shape index (κ2) is 11.3. The molecule has 2 aliphatic rings. The summed E-state index contributed by atoms with van der Waals surface area (Å²) in [6, 6.07) is 6.35. The zero-order chi connectivity index (χ0) is 28.5. The number of fused-ring (bicyclic) bond motifs is 1. The van der Waals surface area contributed by atoms with Crippen LogP contribution in [-0.2, 0) is 31.0 Å². The predicted molar refractivity (Wildman–Crippen MR) is 140 cm³/mol. The highest BCUT2D eigenvalue weighted by Gasteiger charge is 2.43. The van der Waals surface area contributed by atoms with Gasteiger partial charge in [0.15, 0.2) is 0 Å². The van der Waals surface area contributed by atoms with Crippen LogP contribution in [0.2, 0.25) is 0 Å². The number of aliphatic carboxylic acids is 1. The fourth-order valence-electron chi connectivity index (χ4n) is 5.77. The highest BCUT2D eigenvalue weighted by atomic mass is 19.1. The largest absolute Gasteiger partial charge is 0.497 e. The first kappa shape index (κ1) is 28.5. The Morgan fingerprint density at radius 3 is 2.36 bits per heavy atom. The van der Waals surface area contributed by atoms with E-state index < -0.39 is 35.0 Å². The first-order chi connectivity index (χ1) is 18.4. The molecule has 0 aromatic heterocycles. The van der Waals surface area contributed by atoms with Gasteiger partial charge in [0.2, 0.25) is 5.91 Å². The van der Waals surface area contributed by atoms with E-state index in [9.17, 15) is 14.4 Å². The van der Waals surface area contributed by atoms with Crippen LogP contribution in [0.15, 0.2) is 30.3 Å². The van der Waals surface area contributed by atoms with Crippen molar-refractivity contribution in [3.63, 3.8) is 0 Å². The fraction of sp³-hybridized carbons (Fsp3) is 0.483. The third-order valence-corrected chi connectivity index (χ3v) is 7.65. The summed E-state index contributed by atoms with van der Waals surface area (Å²) < 4.78 is 40.6. The number of halogens is 2. The van der Waals surface area contributed by atoms with Crippen LogP contribution >= 0.6 is 0 Å². The summed E-state index contributed by atoms with van der Waals surface area (Å²) >= 11 is 0. The number of carbonyl (C=O) groups excluding carboxylic acids is 2. The summed E-state index contributed by atoms with van der Waals surface area (Å²) in [5.41, 5.74) is 0.301. The van der Waals surface area contributed by atoms with Gasteiger partial charge in [0.25, 0.3) is 5.91 Å². The van der Waals surface area contributed by atoms with Crippen molar-refractivity contribution >= 4 is 23.5 Å². The minimum Gasteiger partial charge on any atom is -0.497 e. The van der Waals surface area contributed by atoms with Crippen LogP contribution in [0.5, 0.6) is 5.75 Å². The number of rotatable bonds is 9. The van der Waals surface area contributed by atoms with E-state index in [0.29, 0.717) is 30.6 Å². The molecule has 0 radical (unpaired) electrons. The van der Waals surface area contributed by atoms with E-state index in [2.05, 4.69) is 5.32 Å². The van der Waals surface area contributed by atoms with Gasteiger partial charge in [-0.05, 0) is 60.6 Å². The molecule has 39 heavy (non-hydrogen) atoms. The number of carboxylic acids is 1. The fourth-order valence-corrected chi connectivity index (χ4v) is 5.77. The van der Waals surface area contributed by atoms with E-state index in [1.807, 2.05) is 6.07 Å². The molecular formula is C29H34F2N2O6.